The minimum atomic E-state index is -3.34. The molecule has 0 aromatic heterocycles. The van der Waals surface area contributed by atoms with Gasteiger partial charge in [0.05, 0.1) is 4.90 Å². The molecule has 1 aliphatic heterocycles. The van der Waals surface area contributed by atoms with E-state index >= 15 is 0 Å². The van der Waals surface area contributed by atoms with Gasteiger partial charge in [-0.15, -0.1) is 12.4 Å². The van der Waals surface area contributed by atoms with Crippen LogP contribution in [0.25, 0.3) is 0 Å². The van der Waals surface area contributed by atoms with Crippen molar-refractivity contribution in [3.8, 4) is 0 Å². The van der Waals surface area contributed by atoms with Gasteiger partial charge in [0.2, 0.25) is 10.0 Å². The van der Waals surface area contributed by atoms with Gasteiger partial charge in [-0.1, -0.05) is 12.1 Å². The van der Waals surface area contributed by atoms with Crippen LogP contribution in [0.15, 0.2) is 29.2 Å². The third-order valence-electron chi connectivity index (χ3n) is 3.68. The highest BCUT2D eigenvalue weighted by molar-refractivity contribution is 7.89. The molecule has 1 aromatic carbocycles. The molecule has 1 aromatic rings. The van der Waals surface area contributed by atoms with Crippen LogP contribution < -0.4 is 10.0 Å². The molecule has 1 saturated heterocycles. The Balaban J connectivity index is 0.00000120. The minimum absolute atomic E-state index is 0. The van der Waals surface area contributed by atoms with E-state index in [1.165, 1.54) is 0 Å². The predicted molar refractivity (Wildman–Crippen MR) is 72.4 cm³/mol. The monoisotopic (exact) mass is 288 g/mol. The first-order valence-corrected chi connectivity index (χ1v) is 7.36. The van der Waals surface area contributed by atoms with E-state index in [9.17, 15) is 8.42 Å². The maximum atomic E-state index is 12.1. The van der Waals surface area contributed by atoms with Gasteiger partial charge in [-0.3, -0.25) is 0 Å². The molecule has 100 valence electrons. The number of halogens is 1. The summed E-state index contributed by atoms with van der Waals surface area (Å²) in [4.78, 5) is 0.371. The van der Waals surface area contributed by atoms with Crippen LogP contribution in [0.2, 0.25) is 0 Å². The van der Waals surface area contributed by atoms with Crippen LogP contribution in [0, 0.1) is 18.8 Å². The Labute approximate surface area is 114 Å². The molecular formula is C12H17ClN2O2S. The summed E-state index contributed by atoms with van der Waals surface area (Å²) < 4.78 is 27.1. The third-order valence-corrected chi connectivity index (χ3v) is 5.14. The highest BCUT2D eigenvalue weighted by Crippen LogP contribution is 2.42. The van der Waals surface area contributed by atoms with Crippen molar-refractivity contribution in [1.82, 2.24) is 10.0 Å². The number of rotatable bonds is 3. The highest BCUT2D eigenvalue weighted by Gasteiger charge is 2.54. The van der Waals surface area contributed by atoms with E-state index in [-0.39, 0.29) is 18.4 Å². The Morgan fingerprint density at radius 2 is 1.94 bits per heavy atom. The molecular weight excluding hydrogens is 272 g/mol. The summed E-state index contributed by atoms with van der Waals surface area (Å²) in [6.45, 7) is 3.77. The Kier molecular flexibility index (Phi) is 3.69. The average molecular weight is 289 g/mol. The molecule has 0 spiro atoms. The number of aryl methyl sites for hydroxylation is 1. The zero-order valence-corrected chi connectivity index (χ0v) is 11.7. The van der Waals surface area contributed by atoms with Crippen LogP contribution in [-0.2, 0) is 10.0 Å². The fourth-order valence-corrected chi connectivity index (χ4v) is 4.07. The number of piperidine rings is 1. The van der Waals surface area contributed by atoms with Gasteiger partial charge in [0.1, 0.15) is 0 Å². The lowest BCUT2D eigenvalue weighted by Crippen LogP contribution is -2.32. The predicted octanol–water partition coefficient (Wildman–Crippen LogP) is 0.913. The van der Waals surface area contributed by atoms with Crippen molar-refractivity contribution < 1.29 is 8.42 Å². The molecule has 2 atom stereocenters. The van der Waals surface area contributed by atoms with Crippen LogP contribution in [0.1, 0.15) is 5.56 Å². The molecule has 18 heavy (non-hydrogen) atoms. The van der Waals surface area contributed by atoms with E-state index in [2.05, 4.69) is 10.0 Å². The molecule has 1 heterocycles. The summed E-state index contributed by atoms with van der Waals surface area (Å²) in [7, 11) is -3.34. The summed E-state index contributed by atoms with van der Waals surface area (Å²) in [6.07, 6.45) is 0. The molecule has 4 nitrogen and oxygen atoms in total. The number of benzene rings is 1. The fourth-order valence-electron chi connectivity index (χ4n) is 2.62. The maximum absolute atomic E-state index is 12.1. The zero-order valence-electron chi connectivity index (χ0n) is 10.1. The normalized spacial score (nSPS) is 29.5. The van der Waals surface area contributed by atoms with Gasteiger partial charge in [0.15, 0.2) is 0 Å². The Bertz CT molecular complexity index is 537. The Morgan fingerprint density at radius 1 is 1.28 bits per heavy atom. The Morgan fingerprint density at radius 3 is 2.56 bits per heavy atom. The number of hydrogen-bond acceptors (Lipinski definition) is 3. The maximum Gasteiger partial charge on any atom is 0.240 e. The second-order valence-corrected chi connectivity index (χ2v) is 6.66. The van der Waals surface area contributed by atoms with Crippen molar-refractivity contribution in [1.29, 1.82) is 0 Å². The van der Waals surface area contributed by atoms with E-state index in [1.807, 2.05) is 13.0 Å². The SMILES string of the molecule is Cc1cccc(S(=O)(=O)NC2C3CNCC32)c1.Cl. The number of hydrogen-bond donors (Lipinski definition) is 2. The van der Waals surface area contributed by atoms with Gasteiger partial charge in [0.25, 0.3) is 0 Å². The Hall–Kier alpha value is -0.620. The van der Waals surface area contributed by atoms with Gasteiger partial charge in [0, 0.05) is 6.04 Å². The van der Waals surface area contributed by atoms with Crippen LogP contribution >= 0.6 is 12.4 Å². The van der Waals surface area contributed by atoms with Gasteiger partial charge >= 0.3 is 0 Å². The summed E-state index contributed by atoms with van der Waals surface area (Å²) in [5.74, 6) is 0.990. The van der Waals surface area contributed by atoms with Crippen LogP contribution in [0.3, 0.4) is 0 Å². The molecule has 2 N–H and O–H groups in total. The largest absolute Gasteiger partial charge is 0.316 e. The first-order valence-electron chi connectivity index (χ1n) is 5.88. The summed E-state index contributed by atoms with van der Waals surface area (Å²) in [6, 6.07) is 7.17. The van der Waals surface area contributed by atoms with Crippen LogP contribution in [0.5, 0.6) is 0 Å². The fraction of sp³-hybridized carbons (Fsp3) is 0.500. The van der Waals surface area contributed by atoms with Gasteiger partial charge in [-0.05, 0) is 49.5 Å². The first kappa shape index (κ1) is 13.8. The summed E-state index contributed by atoms with van der Waals surface area (Å²) in [5.41, 5.74) is 0.963. The van der Waals surface area contributed by atoms with Crippen molar-refractivity contribution in [3.05, 3.63) is 29.8 Å². The molecule has 0 bridgehead atoms. The van der Waals surface area contributed by atoms with Gasteiger partial charge in [-0.25, -0.2) is 13.1 Å². The molecule has 1 aliphatic carbocycles. The standard InChI is InChI=1S/C12H16N2O2S.ClH/c1-8-3-2-4-9(5-8)17(15,16)14-12-10-6-13-7-11(10)12;/h2-5,10-14H,6-7H2,1H3;1H. The molecule has 3 rings (SSSR count). The number of sulfonamides is 1. The van der Waals surface area contributed by atoms with Crippen molar-refractivity contribution in [2.45, 2.75) is 17.9 Å². The van der Waals surface area contributed by atoms with E-state index in [0.717, 1.165) is 18.7 Å². The third kappa shape index (κ3) is 2.40. The van der Waals surface area contributed by atoms with Gasteiger partial charge in [-0.2, -0.15) is 0 Å². The molecule has 1 saturated carbocycles. The summed E-state index contributed by atoms with van der Waals surface area (Å²) in [5, 5.41) is 3.25. The molecule has 0 radical (unpaired) electrons. The quantitative estimate of drug-likeness (QED) is 0.869. The lowest BCUT2D eigenvalue weighted by molar-refractivity contribution is 0.565. The van der Waals surface area contributed by atoms with Gasteiger partial charge < -0.3 is 5.32 Å². The second kappa shape index (κ2) is 4.81. The molecule has 2 unspecified atom stereocenters. The summed E-state index contributed by atoms with van der Waals surface area (Å²) >= 11 is 0. The molecule has 2 fully saturated rings. The lowest BCUT2D eigenvalue weighted by atomic mass is 10.2. The minimum Gasteiger partial charge on any atom is -0.316 e. The molecule has 6 heteroatoms. The van der Waals surface area contributed by atoms with E-state index in [1.54, 1.807) is 18.2 Å². The smallest absolute Gasteiger partial charge is 0.240 e. The zero-order chi connectivity index (χ0) is 12.0. The van der Waals surface area contributed by atoms with E-state index in [0.29, 0.717) is 16.7 Å². The van der Waals surface area contributed by atoms with Crippen LogP contribution in [-0.4, -0.2) is 27.5 Å². The van der Waals surface area contributed by atoms with Crippen molar-refractivity contribution in [2.75, 3.05) is 13.1 Å². The number of nitrogens with one attached hydrogen (secondary N) is 2. The van der Waals surface area contributed by atoms with Crippen molar-refractivity contribution in [2.24, 2.45) is 11.8 Å². The molecule has 2 aliphatic rings. The van der Waals surface area contributed by atoms with Crippen molar-refractivity contribution >= 4 is 22.4 Å². The highest BCUT2D eigenvalue weighted by atomic mass is 35.5. The average Bonchev–Trinajstić information content (AvgIpc) is 2.75. The second-order valence-electron chi connectivity index (χ2n) is 4.95. The number of fused-ring (bicyclic) bond motifs is 1. The van der Waals surface area contributed by atoms with Crippen molar-refractivity contribution in [3.63, 3.8) is 0 Å². The lowest BCUT2D eigenvalue weighted by Gasteiger charge is -2.09. The topological polar surface area (TPSA) is 58.2 Å². The first-order chi connectivity index (χ1) is 8.08. The van der Waals surface area contributed by atoms with E-state index < -0.39 is 10.0 Å². The van der Waals surface area contributed by atoms with Crippen LogP contribution in [0.4, 0.5) is 0 Å². The van der Waals surface area contributed by atoms with E-state index in [4.69, 9.17) is 0 Å². The molecule has 0 amide bonds.